The van der Waals surface area contributed by atoms with Crippen LogP contribution in [0.1, 0.15) is 26.3 Å². The van der Waals surface area contributed by atoms with E-state index in [1.54, 1.807) is 31.2 Å². The fourth-order valence-electron chi connectivity index (χ4n) is 3.42. The maximum Gasteiger partial charge on any atom is 0.339 e. The predicted octanol–water partition coefficient (Wildman–Crippen LogP) is 4.06. The normalized spacial score (nSPS) is 10.9. The summed E-state index contributed by atoms with van der Waals surface area (Å²) in [6.45, 7) is 1.03. The number of carbonyl (C=O) groups is 3. The fraction of sp³-hybridized carbons (Fsp3) is 0.160. The third-order valence-electron chi connectivity index (χ3n) is 5.17. The lowest BCUT2D eigenvalue weighted by Crippen LogP contribution is -2.38. The van der Waals surface area contributed by atoms with Crippen LogP contribution in [0.15, 0.2) is 71.6 Å². The maximum absolute atomic E-state index is 13.5. The van der Waals surface area contributed by atoms with E-state index in [1.165, 1.54) is 56.7 Å². The number of aryl methyl sites for hydroxylation is 1. The highest BCUT2D eigenvalue weighted by molar-refractivity contribution is 7.92. The van der Waals surface area contributed by atoms with Gasteiger partial charge in [0.05, 0.1) is 41.6 Å². The first kappa shape index (κ1) is 26.7. The number of hydrogen-bond donors (Lipinski definition) is 1. The van der Waals surface area contributed by atoms with Gasteiger partial charge >= 0.3 is 11.9 Å². The van der Waals surface area contributed by atoms with Crippen LogP contribution < -0.4 is 9.62 Å². The molecule has 3 aromatic carbocycles. The Kier molecular flexibility index (Phi) is 8.33. The summed E-state index contributed by atoms with van der Waals surface area (Å²) in [7, 11) is -1.81. The lowest BCUT2D eigenvalue weighted by atomic mass is 10.1. The summed E-state index contributed by atoms with van der Waals surface area (Å²) in [5, 5.41) is 2.92. The summed E-state index contributed by atoms with van der Waals surface area (Å²) in [4.78, 5) is 37.3. The molecule has 0 saturated carbocycles. The molecule has 0 atom stereocenters. The van der Waals surface area contributed by atoms with Crippen molar-refractivity contribution in [1.82, 2.24) is 0 Å². The van der Waals surface area contributed by atoms with Gasteiger partial charge in [-0.15, -0.1) is 0 Å². The van der Waals surface area contributed by atoms with Crippen LogP contribution >= 0.6 is 11.6 Å². The van der Waals surface area contributed by atoms with E-state index in [0.717, 1.165) is 4.31 Å². The average Bonchev–Trinajstić information content (AvgIpc) is 2.87. The highest BCUT2D eigenvalue weighted by Gasteiger charge is 2.29. The quantitative estimate of drug-likeness (QED) is 0.436. The Labute approximate surface area is 213 Å². The number of esters is 2. The molecule has 3 rings (SSSR count). The van der Waals surface area contributed by atoms with Crippen LogP contribution in [0, 0.1) is 6.92 Å². The number of ether oxygens (including phenoxy) is 2. The topological polar surface area (TPSA) is 119 Å². The van der Waals surface area contributed by atoms with E-state index in [9.17, 15) is 22.8 Å². The minimum absolute atomic E-state index is 0.0184. The van der Waals surface area contributed by atoms with Gasteiger partial charge in [-0.25, -0.2) is 18.0 Å². The van der Waals surface area contributed by atoms with Crippen LogP contribution in [-0.4, -0.2) is 47.0 Å². The van der Waals surface area contributed by atoms with E-state index in [-0.39, 0.29) is 27.4 Å². The second-order valence-electron chi connectivity index (χ2n) is 7.55. The monoisotopic (exact) mass is 530 g/mol. The van der Waals surface area contributed by atoms with Crippen molar-refractivity contribution < 1.29 is 32.3 Å². The molecule has 0 heterocycles. The van der Waals surface area contributed by atoms with Gasteiger partial charge < -0.3 is 14.8 Å². The summed E-state index contributed by atoms with van der Waals surface area (Å²) >= 11 is 6.05. The van der Waals surface area contributed by atoms with Crippen LogP contribution in [0.2, 0.25) is 5.02 Å². The van der Waals surface area contributed by atoms with Gasteiger partial charge in [0.2, 0.25) is 5.91 Å². The Hall–Kier alpha value is -3.89. The smallest absolute Gasteiger partial charge is 0.339 e. The van der Waals surface area contributed by atoms with E-state index in [1.807, 2.05) is 0 Å². The number of halogens is 1. The maximum atomic E-state index is 13.5. The van der Waals surface area contributed by atoms with E-state index >= 15 is 0 Å². The minimum Gasteiger partial charge on any atom is -0.465 e. The molecule has 0 fully saturated rings. The number of nitrogens with one attached hydrogen (secondary N) is 1. The number of sulfonamides is 1. The number of amides is 1. The molecule has 188 valence electrons. The Balaban J connectivity index is 2.03. The van der Waals surface area contributed by atoms with Crippen molar-refractivity contribution >= 4 is 50.8 Å². The molecular weight excluding hydrogens is 508 g/mol. The Morgan fingerprint density at radius 3 is 2.19 bits per heavy atom. The third-order valence-corrected chi connectivity index (χ3v) is 7.18. The zero-order valence-electron chi connectivity index (χ0n) is 19.6. The number of carbonyl (C=O) groups excluding carboxylic acids is 3. The summed E-state index contributed by atoms with van der Waals surface area (Å²) in [6, 6.07) is 16.1. The van der Waals surface area contributed by atoms with Crippen LogP contribution in [0.4, 0.5) is 11.4 Å². The zero-order chi connectivity index (χ0) is 26.5. The van der Waals surface area contributed by atoms with Gasteiger partial charge in [0.1, 0.15) is 6.54 Å². The summed E-state index contributed by atoms with van der Waals surface area (Å²) in [5.74, 6) is -2.22. The van der Waals surface area contributed by atoms with Gasteiger partial charge in [0.15, 0.2) is 0 Å². The lowest BCUT2D eigenvalue weighted by Gasteiger charge is -2.26. The molecule has 0 bridgehead atoms. The molecule has 0 radical (unpaired) electrons. The number of methoxy groups -OCH3 is 2. The summed E-state index contributed by atoms with van der Waals surface area (Å²) in [6.07, 6.45) is 0. The Bertz CT molecular complexity index is 1410. The van der Waals surface area contributed by atoms with Gasteiger partial charge in [-0.3, -0.25) is 9.10 Å². The molecule has 0 aliphatic carbocycles. The fourth-order valence-corrected chi connectivity index (χ4v) is 5.15. The number of hydrogen-bond acceptors (Lipinski definition) is 7. The van der Waals surface area contributed by atoms with Gasteiger partial charge in [-0.2, -0.15) is 0 Å². The molecule has 1 amide bonds. The standard InChI is InChI=1S/C25H23ClN2O7S/c1-16-13-18(26)10-12-22(16)28(36(32,33)19-7-5-4-6-8-19)15-23(29)27-21-14-17(24(30)34-2)9-11-20(21)25(31)35-3/h4-14H,15H2,1-3H3,(H,27,29). The number of benzene rings is 3. The van der Waals surface area contributed by atoms with Crippen molar-refractivity contribution in [2.24, 2.45) is 0 Å². The van der Waals surface area contributed by atoms with E-state index in [4.69, 9.17) is 21.1 Å². The van der Waals surface area contributed by atoms with Gasteiger partial charge in [0, 0.05) is 5.02 Å². The van der Waals surface area contributed by atoms with Gasteiger partial charge in [-0.1, -0.05) is 29.8 Å². The van der Waals surface area contributed by atoms with Gasteiger partial charge in [-0.05, 0) is 61.0 Å². The summed E-state index contributed by atoms with van der Waals surface area (Å²) < 4.78 is 37.5. The van der Waals surface area contributed by atoms with Crippen molar-refractivity contribution in [3.63, 3.8) is 0 Å². The number of rotatable bonds is 8. The van der Waals surface area contributed by atoms with Crippen molar-refractivity contribution in [3.8, 4) is 0 Å². The number of anilines is 2. The molecule has 1 N–H and O–H groups in total. The largest absolute Gasteiger partial charge is 0.465 e. The Morgan fingerprint density at radius 2 is 1.58 bits per heavy atom. The molecule has 36 heavy (non-hydrogen) atoms. The van der Waals surface area contributed by atoms with E-state index < -0.39 is 34.4 Å². The molecule has 0 aliphatic heterocycles. The predicted molar refractivity (Wildman–Crippen MR) is 135 cm³/mol. The molecule has 11 heteroatoms. The molecule has 0 spiro atoms. The van der Waals surface area contributed by atoms with Crippen LogP contribution in [0.3, 0.4) is 0 Å². The molecule has 0 unspecified atom stereocenters. The van der Waals surface area contributed by atoms with Crippen molar-refractivity contribution in [3.05, 3.63) is 88.4 Å². The van der Waals surface area contributed by atoms with Crippen molar-refractivity contribution in [1.29, 1.82) is 0 Å². The zero-order valence-corrected chi connectivity index (χ0v) is 21.2. The first-order valence-electron chi connectivity index (χ1n) is 10.5. The molecule has 3 aromatic rings. The second kappa shape index (κ2) is 11.2. The van der Waals surface area contributed by atoms with Gasteiger partial charge in [0.25, 0.3) is 10.0 Å². The first-order chi connectivity index (χ1) is 17.1. The summed E-state index contributed by atoms with van der Waals surface area (Å²) in [5.41, 5.74) is 0.772. The first-order valence-corrected chi connectivity index (χ1v) is 12.3. The number of nitrogens with zero attached hydrogens (tertiary/aromatic N) is 1. The Morgan fingerprint density at radius 1 is 0.917 bits per heavy atom. The van der Waals surface area contributed by atoms with E-state index in [0.29, 0.717) is 10.6 Å². The highest BCUT2D eigenvalue weighted by atomic mass is 35.5. The van der Waals surface area contributed by atoms with Crippen LogP contribution in [-0.2, 0) is 24.3 Å². The highest BCUT2D eigenvalue weighted by Crippen LogP contribution is 2.29. The molecule has 0 aliphatic rings. The van der Waals surface area contributed by atoms with E-state index in [2.05, 4.69) is 5.32 Å². The SMILES string of the molecule is COC(=O)c1ccc(C(=O)OC)c(NC(=O)CN(c2ccc(Cl)cc2C)S(=O)(=O)c2ccccc2)c1. The lowest BCUT2D eigenvalue weighted by molar-refractivity contribution is -0.114. The van der Waals surface area contributed by atoms with Crippen LogP contribution in [0.5, 0.6) is 0 Å². The minimum atomic E-state index is -4.17. The molecule has 0 saturated heterocycles. The molecule has 0 aromatic heterocycles. The second-order valence-corrected chi connectivity index (χ2v) is 9.85. The molecule has 9 nitrogen and oxygen atoms in total. The molecular formula is C25H23ClN2O7S. The third kappa shape index (κ3) is 5.84. The van der Waals surface area contributed by atoms with Crippen LogP contribution in [0.25, 0.3) is 0 Å². The average molecular weight is 531 g/mol. The van der Waals surface area contributed by atoms with Crippen molar-refractivity contribution in [2.75, 3.05) is 30.4 Å². The van der Waals surface area contributed by atoms with Crippen molar-refractivity contribution in [2.45, 2.75) is 11.8 Å².